The fraction of sp³-hybridized carbons (Fsp3) is 0.500. The lowest BCUT2D eigenvalue weighted by atomic mass is 9.84. The van der Waals surface area contributed by atoms with Gasteiger partial charge in [-0.15, -0.1) is 0 Å². The van der Waals surface area contributed by atoms with Gasteiger partial charge in [0.25, 0.3) is 0 Å². The van der Waals surface area contributed by atoms with Crippen LogP contribution >= 0.6 is 0 Å². The molecule has 2 rings (SSSR count). The SMILES string of the molecule is COC(=O)Oc1cccc(C2CCCCC2)c1. The van der Waals surface area contributed by atoms with Crippen LogP contribution in [0.25, 0.3) is 0 Å². The minimum atomic E-state index is -0.661. The molecule has 1 saturated carbocycles. The molecule has 0 amide bonds. The van der Waals surface area contributed by atoms with E-state index in [0.717, 1.165) is 0 Å². The van der Waals surface area contributed by atoms with Gasteiger partial charge in [0.2, 0.25) is 0 Å². The van der Waals surface area contributed by atoms with Crippen LogP contribution in [0, 0.1) is 0 Å². The average Bonchev–Trinajstić information content (AvgIpc) is 2.40. The van der Waals surface area contributed by atoms with Crippen molar-refractivity contribution in [3.63, 3.8) is 0 Å². The Bertz CT molecular complexity index is 381. The van der Waals surface area contributed by atoms with Gasteiger partial charge in [-0.05, 0) is 36.5 Å². The number of carbonyl (C=O) groups is 1. The molecule has 0 N–H and O–H groups in total. The molecule has 0 unspecified atom stereocenters. The summed E-state index contributed by atoms with van der Waals surface area (Å²) in [6, 6.07) is 7.78. The summed E-state index contributed by atoms with van der Waals surface area (Å²) in [6.45, 7) is 0. The van der Waals surface area contributed by atoms with Crippen LogP contribution in [0.3, 0.4) is 0 Å². The van der Waals surface area contributed by atoms with Crippen LogP contribution in [-0.2, 0) is 4.74 Å². The molecule has 1 aliphatic carbocycles. The molecule has 1 aliphatic rings. The van der Waals surface area contributed by atoms with Gasteiger partial charge in [-0.1, -0.05) is 31.4 Å². The molecule has 92 valence electrons. The smallest absolute Gasteiger partial charge is 0.437 e. The van der Waals surface area contributed by atoms with E-state index in [0.29, 0.717) is 11.7 Å². The first-order chi connectivity index (χ1) is 8.29. The van der Waals surface area contributed by atoms with E-state index in [1.54, 1.807) is 6.07 Å². The molecule has 0 bridgehead atoms. The van der Waals surface area contributed by atoms with Gasteiger partial charge in [-0.25, -0.2) is 4.79 Å². The zero-order valence-electron chi connectivity index (χ0n) is 10.1. The molecule has 0 aromatic heterocycles. The van der Waals surface area contributed by atoms with Crippen molar-refractivity contribution < 1.29 is 14.3 Å². The summed E-state index contributed by atoms with van der Waals surface area (Å²) in [6.07, 6.45) is 5.75. The number of benzene rings is 1. The van der Waals surface area contributed by atoms with Crippen LogP contribution in [0.4, 0.5) is 4.79 Å². The second kappa shape index (κ2) is 5.71. The van der Waals surface area contributed by atoms with Crippen molar-refractivity contribution in [1.29, 1.82) is 0 Å². The predicted octanol–water partition coefficient (Wildman–Crippen LogP) is 3.88. The van der Waals surface area contributed by atoms with E-state index in [-0.39, 0.29) is 0 Å². The topological polar surface area (TPSA) is 35.5 Å². The number of hydrogen-bond donors (Lipinski definition) is 0. The first-order valence-corrected chi connectivity index (χ1v) is 6.15. The molecule has 1 fully saturated rings. The number of methoxy groups -OCH3 is 1. The minimum Gasteiger partial charge on any atom is -0.437 e. The monoisotopic (exact) mass is 234 g/mol. The predicted molar refractivity (Wildman–Crippen MR) is 65.3 cm³/mol. The Balaban J connectivity index is 2.07. The van der Waals surface area contributed by atoms with Gasteiger partial charge in [-0.2, -0.15) is 0 Å². The maximum Gasteiger partial charge on any atom is 0.513 e. The van der Waals surface area contributed by atoms with E-state index >= 15 is 0 Å². The van der Waals surface area contributed by atoms with Gasteiger partial charge in [0, 0.05) is 0 Å². The van der Waals surface area contributed by atoms with Gasteiger partial charge in [-0.3, -0.25) is 0 Å². The Labute approximate surface area is 102 Å². The van der Waals surface area contributed by atoms with Crippen molar-refractivity contribution in [2.75, 3.05) is 7.11 Å². The normalized spacial score (nSPS) is 16.5. The van der Waals surface area contributed by atoms with Gasteiger partial charge in [0.15, 0.2) is 0 Å². The first kappa shape index (κ1) is 12.0. The lowest BCUT2D eigenvalue weighted by Gasteiger charge is -2.22. The molecule has 0 radical (unpaired) electrons. The molecule has 0 saturated heterocycles. The summed E-state index contributed by atoms with van der Waals surface area (Å²) < 4.78 is 9.51. The number of ether oxygens (including phenoxy) is 2. The van der Waals surface area contributed by atoms with Crippen molar-refractivity contribution in [2.24, 2.45) is 0 Å². The van der Waals surface area contributed by atoms with Crippen molar-refractivity contribution >= 4 is 6.16 Å². The first-order valence-electron chi connectivity index (χ1n) is 6.15. The van der Waals surface area contributed by atoms with Gasteiger partial charge in [0.05, 0.1) is 7.11 Å². The quantitative estimate of drug-likeness (QED) is 0.575. The Morgan fingerprint density at radius 2 is 2.00 bits per heavy atom. The Kier molecular flexibility index (Phi) is 4.02. The van der Waals surface area contributed by atoms with Gasteiger partial charge in [0.1, 0.15) is 5.75 Å². The van der Waals surface area contributed by atoms with Crippen LogP contribution in [0.15, 0.2) is 24.3 Å². The molecule has 0 heterocycles. The highest BCUT2D eigenvalue weighted by Crippen LogP contribution is 2.33. The average molecular weight is 234 g/mol. The molecule has 1 aromatic carbocycles. The molecular weight excluding hydrogens is 216 g/mol. The van der Waals surface area contributed by atoms with Gasteiger partial charge >= 0.3 is 6.16 Å². The Morgan fingerprint density at radius 3 is 2.71 bits per heavy atom. The second-order valence-electron chi connectivity index (χ2n) is 4.46. The Morgan fingerprint density at radius 1 is 1.24 bits per heavy atom. The zero-order valence-corrected chi connectivity index (χ0v) is 10.1. The summed E-state index contributed by atoms with van der Waals surface area (Å²) in [4.78, 5) is 11.0. The highest BCUT2D eigenvalue weighted by molar-refractivity contribution is 5.63. The summed E-state index contributed by atoms with van der Waals surface area (Å²) in [5.74, 6) is 1.19. The molecule has 1 aromatic rings. The van der Waals surface area contributed by atoms with E-state index < -0.39 is 6.16 Å². The van der Waals surface area contributed by atoms with Crippen molar-refractivity contribution in [3.8, 4) is 5.75 Å². The Hall–Kier alpha value is -1.51. The summed E-state index contributed by atoms with van der Waals surface area (Å²) in [5.41, 5.74) is 1.27. The highest BCUT2D eigenvalue weighted by Gasteiger charge is 2.16. The summed E-state index contributed by atoms with van der Waals surface area (Å²) in [5, 5.41) is 0. The van der Waals surface area contributed by atoms with Crippen molar-refractivity contribution in [2.45, 2.75) is 38.0 Å². The van der Waals surface area contributed by atoms with Crippen LogP contribution in [0.2, 0.25) is 0 Å². The van der Waals surface area contributed by atoms with E-state index in [9.17, 15) is 4.79 Å². The molecule has 3 nitrogen and oxygen atoms in total. The fourth-order valence-electron chi connectivity index (χ4n) is 2.41. The lowest BCUT2D eigenvalue weighted by Crippen LogP contribution is -2.08. The van der Waals surface area contributed by atoms with E-state index in [2.05, 4.69) is 10.8 Å². The van der Waals surface area contributed by atoms with Gasteiger partial charge < -0.3 is 9.47 Å². The summed E-state index contributed by atoms with van der Waals surface area (Å²) >= 11 is 0. The van der Waals surface area contributed by atoms with Crippen molar-refractivity contribution in [1.82, 2.24) is 0 Å². The van der Waals surface area contributed by atoms with Crippen LogP contribution in [-0.4, -0.2) is 13.3 Å². The molecule has 3 heteroatoms. The van der Waals surface area contributed by atoms with Crippen LogP contribution < -0.4 is 4.74 Å². The number of rotatable bonds is 2. The summed E-state index contributed by atoms with van der Waals surface area (Å²) in [7, 11) is 1.31. The second-order valence-corrected chi connectivity index (χ2v) is 4.46. The van der Waals surface area contributed by atoms with E-state index in [4.69, 9.17) is 4.74 Å². The standard InChI is InChI=1S/C14H18O3/c1-16-14(15)17-13-9-5-8-12(10-13)11-6-3-2-4-7-11/h5,8-11H,2-4,6-7H2,1H3. The number of carbonyl (C=O) groups excluding carboxylic acids is 1. The third kappa shape index (κ3) is 3.22. The lowest BCUT2D eigenvalue weighted by molar-refractivity contribution is 0.121. The third-order valence-electron chi connectivity index (χ3n) is 3.30. The zero-order chi connectivity index (χ0) is 12.1. The molecule has 17 heavy (non-hydrogen) atoms. The maximum atomic E-state index is 11.0. The molecular formula is C14H18O3. The number of hydrogen-bond acceptors (Lipinski definition) is 3. The maximum absolute atomic E-state index is 11.0. The molecule has 0 spiro atoms. The molecule has 0 atom stereocenters. The van der Waals surface area contributed by atoms with Crippen molar-refractivity contribution in [3.05, 3.63) is 29.8 Å². The third-order valence-corrected chi connectivity index (χ3v) is 3.30. The fourth-order valence-corrected chi connectivity index (χ4v) is 2.41. The van der Waals surface area contributed by atoms with E-state index in [1.165, 1.54) is 44.8 Å². The van der Waals surface area contributed by atoms with E-state index in [1.807, 2.05) is 12.1 Å². The minimum absolute atomic E-state index is 0.569. The van der Waals surface area contributed by atoms with Crippen LogP contribution in [0.1, 0.15) is 43.6 Å². The van der Waals surface area contributed by atoms with Crippen LogP contribution in [0.5, 0.6) is 5.75 Å². The molecule has 0 aliphatic heterocycles. The highest BCUT2D eigenvalue weighted by atomic mass is 16.7. The largest absolute Gasteiger partial charge is 0.513 e.